The van der Waals surface area contributed by atoms with Crippen LogP contribution in [0.25, 0.3) is 5.69 Å². The van der Waals surface area contributed by atoms with Crippen molar-refractivity contribution in [3.63, 3.8) is 0 Å². The second-order valence-corrected chi connectivity index (χ2v) is 7.49. The van der Waals surface area contributed by atoms with Crippen LogP contribution in [0, 0.1) is 13.8 Å². The highest BCUT2D eigenvalue weighted by molar-refractivity contribution is 9.10. The van der Waals surface area contributed by atoms with Gasteiger partial charge in [-0.25, -0.2) is 5.43 Å². The van der Waals surface area contributed by atoms with Gasteiger partial charge in [0, 0.05) is 27.1 Å². The van der Waals surface area contributed by atoms with Crippen molar-refractivity contribution in [2.24, 2.45) is 5.10 Å². The number of halogens is 1. The Morgan fingerprint density at radius 2 is 1.85 bits per heavy atom. The molecule has 6 heteroatoms. The van der Waals surface area contributed by atoms with E-state index in [9.17, 15) is 4.79 Å². The molecule has 1 aliphatic rings. The number of likely N-dealkylation sites (tertiary alicyclic amines) is 1. The van der Waals surface area contributed by atoms with Gasteiger partial charge in [-0.05, 0) is 67.8 Å². The monoisotopic (exact) mass is 416 g/mol. The first-order valence-corrected chi connectivity index (χ1v) is 9.84. The number of rotatable bonds is 5. The molecule has 1 saturated heterocycles. The Morgan fingerprint density at radius 1 is 1.15 bits per heavy atom. The topological polar surface area (TPSA) is 49.6 Å². The summed E-state index contributed by atoms with van der Waals surface area (Å²) < 4.78 is 3.17. The van der Waals surface area contributed by atoms with Crippen LogP contribution >= 0.6 is 15.9 Å². The molecular weight excluding hydrogens is 392 g/mol. The molecule has 1 aliphatic heterocycles. The van der Waals surface area contributed by atoms with Gasteiger partial charge in [0.25, 0.3) is 5.91 Å². The van der Waals surface area contributed by atoms with Gasteiger partial charge in [-0.1, -0.05) is 24.6 Å². The molecule has 138 valence electrons. The molecule has 0 unspecified atom stereocenters. The molecule has 3 rings (SSSR count). The number of nitrogens with one attached hydrogen (secondary N) is 1. The van der Waals surface area contributed by atoms with Gasteiger partial charge in [-0.15, -0.1) is 0 Å². The molecule has 2 aromatic rings. The molecule has 1 N–H and O–H groups in total. The largest absolute Gasteiger partial charge is 0.317 e. The fourth-order valence-corrected chi connectivity index (χ4v) is 4.03. The molecule has 2 heterocycles. The highest BCUT2D eigenvalue weighted by Crippen LogP contribution is 2.29. The number of piperidine rings is 1. The zero-order valence-electron chi connectivity index (χ0n) is 15.3. The molecule has 5 nitrogen and oxygen atoms in total. The van der Waals surface area contributed by atoms with E-state index in [-0.39, 0.29) is 5.91 Å². The van der Waals surface area contributed by atoms with Crippen LogP contribution in [0.3, 0.4) is 0 Å². The van der Waals surface area contributed by atoms with Gasteiger partial charge in [-0.2, -0.15) is 5.10 Å². The maximum atomic E-state index is 12.1. The minimum Gasteiger partial charge on any atom is -0.317 e. The quantitative estimate of drug-likeness (QED) is 0.595. The molecule has 1 aromatic carbocycles. The van der Waals surface area contributed by atoms with Gasteiger partial charge >= 0.3 is 0 Å². The number of hydrazone groups is 1. The number of hydrogen-bond donors (Lipinski definition) is 1. The molecule has 0 spiro atoms. The van der Waals surface area contributed by atoms with Crippen molar-refractivity contribution < 1.29 is 4.79 Å². The maximum Gasteiger partial charge on any atom is 0.254 e. The Kier molecular flexibility index (Phi) is 6.27. The summed E-state index contributed by atoms with van der Waals surface area (Å²) in [6, 6.07) is 10.2. The Balaban J connectivity index is 1.69. The van der Waals surface area contributed by atoms with E-state index in [0.717, 1.165) is 40.2 Å². The second kappa shape index (κ2) is 8.64. The van der Waals surface area contributed by atoms with Crippen LogP contribution in [-0.2, 0) is 4.79 Å². The SMILES string of the molecule is Cc1c(Br)c(/C=N\NC(=O)CN2CCCCC2)c(C)n1-c1ccccc1. The first-order chi connectivity index (χ1) is 12.6. The first kappa shape index (κ1) is 18.9. The molecule has 26 heavy (non-hydrogen) atoms. The van der Waals surface area contributed by atoms with Crippen LogP contribution < -0.4 is 5.43 Å². The third-order valence-corrected chi connectivity index (χ3v) is 5.83. The lowest BCUT2D eigenvalue weighted by Crippen LogP contribution is -2.38. The molecule has 1 fully saturated rings. The van der Waals surface area contributed by atoms with Crippen molar-refractivity contribution in [3.05, 3.63) is 51.8 Å². The van der Waals surface area contributed by atoms with Gasteiger partial charge in [0.2, 0.25) is 0 Å². The summed E-state index contributed by atoms with van der Waals surface area (Å²) in [6.07, 6.45) is 5.34. The molecule has 1 amide bonds. The summed E-state index contributed by atoms with van der Waals surface area (Å²) in [5, 5.41) is 4.18. The van der Waals surface area contributed by atoms with E-state index in [1.54, 1.807) is 6.21 Å². The van der Waals surface area contributed by atoms with E-state index in [1.807, 2.05) is 18.2 Å². The highest BCUT2D eigenvalue weighted by Gasteiger charge is 2.16. The third-order valence-electron chi connectivity index (χ3n) is 4.83. The molecule has 0 atom stereocenters. The smallest absolute Gasteiger partial charge is 0.254 e. The Hall–Kier alpha value is -1.92. The number of nitrogens with zero attached hydrogens (tertiary/aromatic N) is 3. The number of para-hydroxylation sites is 1. The van der Waals surface area contributed by atoms with E-state index < -0.39 is 0 Å². The zero-order chi connectivity index (χ0) is 18.5. The Morgan fingerprint density at radius 3 is 2.54 bits per heavy atom. The van der Waals surface area contributed by atoms with Crippen molar-refractivity contribution in [3.8, 4) is 5.69 Å². The van der Waals surface area contributed by atoms with Crippen LogP contribution in [0.4, 0.5) is 0 Å². The Bertz CT molecular complexity index is 792. The van der Waals surface area contributed by atoms with Crippen LogP contribution in [0.5, 0.6) is 0 Å². The van der Waals surface area contributed by atoms with Crippen LogP contribution in [0.15, 0.2) is 39.9 Å². The van der Waals surface area contributed by atoms with E-state index in [2.05, 4.69) is 61.9 Å². The lowest BCUT2D eigenvalue weighted by atomic mass is 10.1. The average molecular weight is 417 g/mol. The lowest BCUT2D eigenvalue weighted by molar-refractivity contribution is -0.122. The number of aromatic nitrogens is 1. The van der Waals surface area contributed by atoms with Crippen LogP contribution in [-0.4, -0.2) is 41.2 Å². The summed E-state index contributed by atoms with van der Waals surface area (Å²) in [7, 11) is 0. The van der Waals surface area contributed by atoms with E-state index in [1.165, 1.54) is 19.3 Å². The van der Waals surface area contributed by atoms with Gasteiger partial charge in [0.15, 0.2) is 0 Å². The third kappa shape index (κ3) is 4.24. The van der Waals surface area contributed by atoms with Crippen molar-refractivity contribution in [2.45, 2.75) is 33.1 Å². The second-order valence-electron chi connectivity index (χ2n) is 6.70. The normalized spacial score (nSPS) is 15.5. The summed E-state index contributed by atoms with van der Waals surface area (Å²) in [4.78, 5) is 14.3. The summed E-state index contributed by atoms with van der Waals surface area (Å²) in [6.45, 7) is 6.54. The molecular formula is C20H25BrN4O. The fourth-order valence-electron chi connectivity index (χ4n) is 3.46. The molecule has 0 radical (unpaired) electrons. The van der Waals surface area contributed by atoms with E-state index in [0.29, 0.717) is 6.54 Å². The summed E-state index contributed by atoms with van der Waals surface area (Å²) in [5.41, 5.74) is 6.93. The number of carbonyl (C=O) groups excluding carboxylic acids is 1. The predicted octanol–water partition coefficient (Wildman–Crippen LogP) is 3.79. The number of hydrogen-bond acceptors (Lipinski definition) is 3. The molecule has 0 saturated carbocycles. The summed E-state index contributed by atoms with van der Waals surface area (Å²) in [5.74, 6) is -0.0591. The summed E-state index contributed by atoms with van der Waals surface area (Å²) >= 11 is 3.66. The lowest BCUT2D eigenvalue weighted by Gasteiger charge is -2.25. The van der Waals surface area contributed by atoms with Crippen molar-refractivity contribution in [2.75, 3.05) is 19.6 Å². The number of carbonyl (C=O) groups is 1. The van der Waals surface area contributed by atoms with Gasteiger partial charge < -0.3 is 4.57 Å². The van der Waals surface area contributed by atoms with Gasteiger partial charge in [0.05, 0.1) is 12.8 Å². The Labute approximate surface area is 163 Å². The van der Waals surface area contributed by atoms with E-state index >= 15 is 0 Å². The van der Waals surface area contributed by atoms with Crippen molar-refractivity contribution >= 4 is 28.1 Å². The average Bonchev–Trinajstić information content (AvgIpc) is 2.86. The van der Waals surface area contributed by atoms with Crippen molar-refractivity contribution in [1.29, 1.82) is 0 Å². The van der Waals surface area contributed by atoms with Crippen molar-refractivity contribution in [1.82, 2.24) is 14.9 Å². The van der Waals surface area contributed by atoms with Gasteiger partial charge in [0.1, 0.15) is 0 Å². The van der Waals surface area contributed by atoms with Crippen LogP contribution in [0.2, 0.25) is 0 Å². The van der Waals surface area contributed by atoms with E-state index in [4.69, 9.17) is 0 Å². The first-order valence-electron chi connectivity index (χ1n) is 9.05. The molecule has 0 bridgehead atoms. The maximum absolute atomic E-state index is 12.1. The predicted molar refractivity (Wildman–Crippen MR) is 109 cm³/mol. The molecule has 1 aromatic heterocycles. The number of amides is 1. The standard InChI is InChI=1S/C20H25BrN4O/c1-15-18(13-22-23-19(26)14-24-11-7-4-8-12-24)20(21)16(2)25(15)17-9-5-3-6-10-17/h3,5-6,9-10,13H,4,7-8,11-12,14H2,1-2H3,(H,23,26)/b22-13-. The van der Waals surface area contributed by atoms with Gasteiger partial charge in [-0.3, -0.25) is 9.69 Å². The minimum absolute atomic E-state index is 0.0591. The zero-order valence-corrected chi connectivity index (χ0v) is 16.9. The minimum atomic E-state index is -0.0591. The molecule has 0 aliphatic carbocycles. The highest BCUT2D eigenvalue weighted by atomic mass is 79.9. The van der Waals surface area contributed by atoms with Crippen LogP contribution in [0.1, 0.15) is 36.2 Å². The number of benzene rings is 1. The fraction of sp³-hybridized carbons (Fsp3) is 0.400.